The van der Waals surface area contributed by atoms with Crippen molar-refractivity contribution in [1.82, 2.24) is 9.88 Å². The van der Waals surface area contributed by atoms with E-state index in [9.17, 15) is 9.18 Å². The molecule has 1 saturated carbocycles. The van der Waals surface area contributed by atoms with E-state index in [0.29, 0.717) is 5.56 Å². The number of carbonyl (C=O) groups is 1. The molecule has 2 amide bonds. The van der Waals surface area contributed by atoms with E-state index in [2.05, 4.69) is 4.98 Å². The normalized spacial score (nSPS) is 25.2. The van der Waals surface area contributed by atoms with Crippen molar-refractivity contribution in [2.45, 2.75) is 44.2 Å². The molecule has 2 N–H and O–H groups in total. The summed E-state index contributed by atoms with van der Waals surface area (Å²) >= 11 is 0. The van der Waals surface area contributed by atoms with Crippen LogP contribution in [0.4, 0.5) is 9.18 Å². The van der Waals surface area contributed by atoms with Crippen LogP contribution in [0.25, 0.3) is 11.3 Å². The number of halogens is 1. The fraction of sp³-hybridized carbons (Fsp3) is 0.368. The van der Waals surface area contributed by atoms with Gasteiger partial charge in [-0.1, -0.05) is 6.07 Å². The number of fused-ring (bicyclic) bond motifs is 2. The quantitative estimate of drug-likeness (QED) is 0.914. The zero-order valence-corrected chi connectivity index (χ0v) is 13.6. The molecule has 5 rings (SSSR count). The summed E-state index contributed by atoms with van der Waals surface area (Å²) in [5.41, 5.74) is 8.08. The van der Waals surface area contributed by atoms with Crippen molar-refractivity contribution in [3.05, 3.63) is 53.5 Å². The van der Waals surface area contributed by atoms with Gasteiger partial charge in [0.05, 0.1) is 11.2 Å². The number of pyridine rings is 1. The number of hydrogen-bond donors (Lipinski definition) is 1. The number of piperidine rings is 1. The van der Waals surface area contributed by atoms with Crippen LogP contribution in [-0.2, 0) is 5.54 Å². The van der Waals surface area contributed by atoms with Gasteiger partial charge in [0.25, 0.3) is 0 Å². The van der Waals surface area contributed by atoms with Crippen molar-refractivity contribution in [1.29, 1.82) is 0 Å². The van der Waals surface area contributed by atoms with Gasteiger partial charge in [-0.15, -0.1) is 0 Å². The van der Waals surface area contributed by atoms with Crippen LogP contribution in [0.3, 0.4) is 0 Å². The molecule has 4 nitrogen and oxygen atoms in total. The van der Waals surface area contributed by atoms with E-state index < -0.39 is 11.6 Å². The minimum absolute atomic E-state index is 0.193. The Morgan fingerprint density at radius 1 is 1.42 bits per heavy atom. The van der Waals surface area contributed by atoms with E-state index in [1.54, 1.807) is 24.1 Å². The number of nitrogens with zero attached hydrogens (tertiary/aromatic N) is 2. The highest BCUT2D eigenvalue weighted by atomic mass is 19.1. The maximum absolute atomic E-state index is 14.6. The summed E-state index contributed by atoms with van der Waals surface area (Å²) < 4.78 is 14.6. The van der Waals surface area contributed by atoms with Gasteiger partial charge in [0, 0.05) is 17.8 Å². The summed E-state index contributed by atoms with van der Waals surface area (Å²) in [7, 11) is 0. The Morgan fingerprint density at radius 3 is 2.92 bits per heavy atom. The van der Waals surface area contributed by atoms with Crippen molar-refractivity contribution >= 4 is 6.03 Å². The highest BCUT2D eigenvalue weighted by Crippen LogP contribution is 2.54. The molecule has 2 bridgehead atoms. The Morgan fingerprint density at radius 2 is 2.25 bits per heavy atom. The number of hydrogen-bond acceptors (Lipinski definition) is 2. The predicted octanol–water partition coefficient (Wildman–Crippen LogP) is 3.73. The van der Waals surface area contributed by atoms with E-state index in [4.69, 9.17) is 5.73 Å². The molecule has 1 aliphatic carbocycles. The number of nitrogens with two attached hydrogens (primary N) is 1. The summed E-state index contributed by atoms with van der Waals surface area (Å²) in [6.45, 7) is 1.76. The molecule has 2 unspecified atom stereocenters. The summed E-state index contributed by atoms with van der Waals surface area (Å²) in [6, 6.07) is 8.94. The minimum atomic E-state index is -0.452. The number of aromatic nitrogens is 1. The highest BCUT2D eigenvalue weighted by molar-refractivity contribution is 5.76. The first-order valence-corrected chi connectivity index (χ1v) is 8.34. The molecule has 1 aromatic heterocycles. The zero-order chi connectivity index (χ0) is 16.9. The number of urea groups is 1. The van der Waals surface area contributed by atoms with Crippen molar-refractivity contribution in [2.75, 3.05) is 0 Å². The van der Waals surface area contributed by atoms with Gasteiger partial charge in [-0.05, 0) is 68.0 Å². The molecule has 5 heteroatoms. The van der Waals surface area contributed by atoms with E-state index in [0.717, 1.165) is 42.5 Å². The molecule has 2 saturated heterocycles. The Bertz CT molecular complexity index is 804. The molecular weight excluding hydrogens is 305 g/mol. The summed E-state index contributed by atoms with van der Waals surface area (Å²) in [5.74, 6) is -0.263. The predicted molar refractivity (Wildman–Crippen MR) is 89.7 cm³/mol. The third-order valence-electron chi connectivity index (χ3n) is 5.59. The number of carbonyl (C=O) groups excluding carboxylic acids is 1. The monoisotopic (exact) mass is 325 g/mol. The number of benzene rings is 1. The van der Waals surface area contributed by atoms with Crippen LogP contribution in [-0.4, -0.2) is 22.0 Å². The molecule has 3 aliphatic rings. The smallest absolute Gasteiger partial charge is 0.315 e. The molecule has 124 valence electrons. The first kappa shape index (κ1) is 15.1. The van der Waals surface area contributed by atoms with Crippen LogP contribution < -0.4 is 5.73 Å². The molecule has 0 spiro atoms. The summed E-state index contributed by atoms with van der Waals surface area (Å²) in [5, 5.41) is 0. The fourth-order valence-electron chi connectivity index (χ4n) is 4.43. The van der Waals surface area contributed by atoms with Crippen LogP contribution >= 0.6 is 0 Å². The zero-order valence-electron chi connectivity index (χ0n) is 13.6. The second-order valence-corrected chi connectivity index (χ2v) is 6.84. The summed E-state index contributed by atoms with van der Waals surface area (Å²) in [4.78, 5) is 18.0. The van der Waals surface area contributed by atoms with Gasteiger partial charge in [0.2, 0.25) is 0 Å². The first-order chi connectivity index (χ1) is 11.5. The fourth-order valence-corrected chi connectivity index (χ4v) is 4.43. The van der Waals surface area contributed by atoms with Crippen LogP contribution in [0.1, 0.15) is 36.8 Å². The Balaban J connectivity index is 1.85. The third-order valence-corrected chi connectivity index (χ3v) is 5.59. The first-order valence-electron chi connectivity index (χ1n) is 8.34. The van der Waals surface area contributed by atoms with Gasteiger partial charge in [0.15, 0.2) is 0 Å². The van der Waals surface area contributed by atoms with Crippen molar-refractivity contribution in [2.24, 2.45) is 5.73 Å². The highest BCUT2D eigenvalue weighted by Gasteiger charge is 2.57. The number of amides is 2. The standard InChI is InChI=1S/C19H20FN3O/c1-12-15(17-6-2-3-8-22-17)9-13(10-16(12)20)19-7-4-5-14(11-19)23(19)18(21)24/h2-3,6,8-10,14H,4-5,7,11H2,1H3,(H2,21,24). The number of rotatable bonds is 2. The molecule has 2 atom stereocenters. The second kappa shape index (κ2) is 5.30. The lowest BCUT2D eigenvalue weighted by atomic mass is 9.64. The average molecular weight is 325 g/mol. The molecule has 2 aromatic rings. The van der Waals surface area contributed by atoms with Crippen LogP contribution in [0, 0.1) is 12.7 Å². The molecule has 0 radical (unpaired) electrons. The van der Waals surface area contributed by atoms with Crippen molar-refractivity contribution < 1.29 is 9.18 Å². The van der Waals surface area contributed by atoms with Gasteiger partial charge in [-0.25, -0.2) is 9.18 Å². The van der Waals surface area contributed by atoms with Gasteiger partial charge < -0.3 is 10.6 Å². The van der Waals surface area contributed by atoms with Crippen LogP contribution in [0.2, 0.25) is 0 Å². The molecule has 2 aliphatic heterocycles. The lowest BCUT2D eigenvalue weighted by molar-refractivity contribution is -0.0767. The molecule has 1 aromatic carbocycles. The Labute approximate surface area is 140 Å². The maximum atomic E-state index is 14.6. The lowest BCUT2D eigenvalue weighted by Gasteiger charge is -2.61. The third kappa shape index (κ3) is 2.04. The molecular formula is C19H20FN3O. The molecule has 3 heterocycles. The number of primary amides is 1. The van der Waals surface area contributed by atoms with Gasteiger partial charge >= 0.3 is 6.03 Å². The van der Waals surface area contributed by atoms with E-state index in [-0.39, 0.29) is 11.9 Å². The SMILES string of the molecule is Cc1c(F)cc(C23CCCC(C2)N3C(N)=O)cc1-c1ccccn1. The second-order valence-electron chi connectivity index (χ2n) is 6.84. The van der Waals surface area contributed by atoms with Gasteiger partial charge in [-0.2, -0.15) is 0 Å². The minimum Gasteiger partial charge on any atom is -0.351 e. The topological polar surface area (TPSA) is 59.2 Å². The van der Waals surface area contributed by atoms with Crippen LogP contribution in [0.15, 0.2) is 36.5 Å². The Kier molecular flexibility index (Phi) is 3.34. The van der Waals surface area contributed by atoms with E-state index in [1.807, 2.05) is 24.3 Å². The molecule has 24 heavy (non-hydrogen) atoms. The lowest BCUT2D eigenvalue weighted by Crippen LogP contribution is -2.69. The van der Waals surface area contributed by atoms with E-state index >= 15 is 0 Å². The van der Waals surface area contributed by atoms with Crippen LogP contribution in [0.5, 0.6) is 0 Å². The Hall–Kier alpha value is -2.43. The maximum Gasteiger partial charge on any atom is 0.315 e. The average Bonchev–Trinajstić information content (AvgIpc) is 2.57. The largest absolute Gasteiger partial charge is 0.351 e. The van der Waals surface area contributed by atoms with Gasteiger partial charge in [-0.3, -0.25) is 4.98 Å². The van der Waals surface area contributed by atoms with E-state index in [1.165, 1.54) is 0 Å². The van der Waals surface area contributed by atoms with Gasteiger partial charge in [0.1, 0.15) is 5.82 Å². The van der Waals surface area contributed by atoms with Crippen molar-refractivity contribution in [3.8, 4) is 11.3 Å². The van der Waals surface area contributed by atoms with Crippen molar-refractivity contribution in [3.63, 3.8) is 0 Å². The molecule has 3 fully saturated rings. The summed E-state index contributed by atoms with van der Waals surface area (Å²) in [6.07, 6.45) is 5.40.